The molecule has 110 valence electrons. The van der Waals surface area contributed by atoms with Gasteiger partial charge in [0, 0.05) is 6.42 Å². The van der Waals surface area contributed by atoms with Gasteiger partial charge in [-0.1, -0.05) is 18.6 Å². The highest BCUT2D eigenvalue weighted by molar-refractivity contribution is 5.24. The Bertz CT molecular complexity index is 528. The van der Waals surface area contributed by atoms with Crippen molar-refractivity contribution in [3.05, 3.63) is 35.4 Å². The minimum atomic E-state index is -0.859. The summed E-state index contributed by atoms with van der Waals surface area (Å²) in [6.07, 6.45) is 3.81. The average molecular weight is 284 g/mol. The van der Waals surface area contributed by atoms with Crippen LogP contribution in [0.3, 0.4) is 0 Å². The second-order valence-corrected chi connectivity index (χ2v) is 4.17. The molecule has 0 saturated heterocycles. The van der Waals surface area contributed by atoms with Crippen LogP contribution in [0.4, 0.5) is 8.78 Å². The van der Waals surface area contributed by atoms with Gasteiger partial charge in [-0.3, -0.25) is 0 Å². The van der Waals surface area contributed by atoms with Gasteiger partial charge in [0.15, 0.2) is 0 Å². The first kappa shape index (κ1) is 16.1. The van der Waals surface area contributed by atoms with Gasteiger partial charge in [-0.15, -0.1) is 0 Å². The molecule has 0 amide bonds. The predicted molar refractivity (Wildman–Crippen MR) is 71.6 cm³/mol. The summed E-state index contributed by atoms with van der Waals surface area (Å²) in [4.78, 5) is 7.19. The molecule has 0 radical (unpaired) electrons. The van der Waals surface area contributed by atoms with Gasteiger partial charge in [0.25, 0.3) is 11.8 Å². The first-order valence-corrected chi connectivity index (χ1v) is 6.22. The number of ether oxygens (including phenoxy) is 2. The molecule has 0 bridgehead atoms. The minimum absolute atomic E-state index is 0.0372. The molecule has 0 fully saturated rings. The normalized spacial score (nSPS) is 13.0. The van der Waals surface area contributed by atoms with Crippen molar-refractivity contribution >= 4 is 0 Å². The van der Waals surface area contributed by atoms with Gasteiger partial charge >= 0.3 is 0 Å². The summed E-state index contributed by atoms with van der Waals surface area (Å²) in [6, 6.07) is 0. The molecule has 6 heteroatoms. The molecular weight excluding hydrogens is 266 g/mol. The molecule has 0 atom stereocenters. The van der Waals surface area contributed by atoms with Crippen LogP contribution < -0.4 is 9.47 Å². The van der Waals surface area contributed by atoms with Crippen LogP contribution >= 0.6 is 0 Å². The highest BCUT2D eigenvalue weighted by atomic mass is 19.1. The van der Waals surface area contributed by atoms with E-state index in [2.05, 4.69) is 9.97 Å². The molecule has 1 aromatic rings. The van der Waals surface area contributed by atoms with Gasteiger partial charge in [0.2, 0.25) is 5.82 Å². The van der Waals surface area contributed by atoms with Crippen molar-refractivity contribution in [3.63, 3.8) is 0 Å². The lowest BCUT2D eigenvalue weighted by atomic mass is 10.2. The van der Waals surface area contributed by atoms with Crippen LogP contribution in [0.2, 0.25) is 0 Å². The van der Waals surface area contributed by atoms with Crippen molar-refractivity contribution in [2.75, 3.05) is 7.11 Å². The molecule has 4 nitrogen and oxygen atoms in total. The fraction of sp³-hybridized carbons (Fsp3) is 0.429. The zero-order chi connectivity index (χ0) is 15.1. The van der Waals surface area contributed by atoms with Gasteiger partial charge in [-0.2, -0.15) is 14.4 Å². The second kappa shape index (κ2) is 7.57. The number of methoxy groups -OCH3 is 1. The molecule has 1 aromatic heterocycles. The highest BCUT2D eigenvalue weighted by Crippen LogP contribution is 2.24. The summed E-state index contributed by atoms with van der Waals surface area (Å²) < 4.78 is 37.3. The van der Waals surface area contributed by atoms with Crippen LogP contribution in [0.15, 0.2) is 29.6 Å². The van der Waals surface area contributed by atoms with Crippen LogP contribution in [0, 0.1) is 5.82 Å². The van der Waals surface area contributed by atoms with Gasteiger partial charge in [0.05, 0.1) is 7.11 Å². The topological polar surface area (TPSA) is 44.2 Å². The Labute approximate surface area is 117 Å². The quantitative estimate of drug-likeness (QED) is 0.586. The largest absolute Gasteiger partial charge is 0.479 e. The van der Waals surface area contributed by atoms with Crippen molar-refractivity contribution in [1.29, 1.82) is 0 Å². The van der Waals surface area contributed by atoms with Crippen LogP contribution in [0.1, 0.15) is 33.6 Å². The highest BCUT2D eigenvalue weighted by Gasteiger charge is 2.15. The molecule has 0 aromatic carbocycles. The third-order valence-electron chi connectivity index (χ3n) is 2.74. The van der Waals surface area contributed by atoms with Gasteiger partial charge in [0.1, 0.15) is 17.9 Å². The number of nitrogens with zero attached hydrogens (tertiary/aromatic N) is 2. The monoisotopic (exact) mass is 284 g/mol. The van der Waals surface area contributed by atoms with Crippen LogP contribution in [-0.2, 0) is 0 Å². The third-order valence-corrected chi connectivity index (χ3v) is 2.74. The van der Waals surface area contributed by atoms with Gasteiger partial charge < -0.3 is 9.47 Å². The van der Waals surface area contributed by atoms with Crippen LogP contribution in [-0.4, -0.2) is 17.1 Å². The van der Waals surface area contributed by atoms with Crippen molar-refractivity contribution in [3.8, 4) is 11.8 Å². The lowest BCUT2D eigenvalue weighted by molar-refractivity contribution is 0.324. The van der Waals surface area contributed by atoms with E-state index in [0.717, 1.165) is 18.3 Å². The summed E-state index contributed by atoms with van der Waals surface area (Å²) in [5.41, 5.74) is 1.07. The van der Waals surface area contributed by atoms with Crippen molar-refractivity contribution in [2.24, 2.45) is 0 Å². The Morgan fingerprint density at radius 2 is 1.95 bits per heavy atom. The Morgan fingerprint density at radius 3 is 2.55 bits per heavy atom. The molecule has 0 aliphatic carbocycles. The summed E-state index contributed by atoms with van der Waals surface area (Å²) >= 11 is 0. The standard InChI is InChI=1S/C14H18F2N2O2/c1-5-9(2)6-7-11(15)10(3)20-14-12(16)13(19-4)17-8-18-14/h6,8H,5,7H2,1-4H3/b9-6-,11-10-. The predicted octanol–water partition coefficient (Wildman–Crippen LogP) is 3.95. The van der Waals surface area contributed by atoms with Crippen molar-refractivity contribution in [2.45, 2.75) is 33.6 Å². The van der Waals surface area contributed by atoms with E-state index in [9.17, 15) is 8.78 Å². The summed E-state index contributed by atoms with van der Waals surface area (Å²) in [7, 11) is 1.27. The molecule has 0 aliphatic rings. The Balaban J connectivity index is 2.86. The van der Waals surface area contributed by atoms with Crippen LogP contribution in [0.5, 0.6) is 11.8 Å². The Hall–Kier alpha value is -1.98. The van der Waals surface area contributed by atoms with Crippen molar-refractivity contribution < 1.29 is 18.3 Å². The smallest absolute Gasteiger partial charge is 0.262 e. The zero-order valence-electron chi connectivity index (χ0n) is 12.0. The fourth-order valence-corrected chi connectivity index (χ4v) is 1.30. The molecular formula is C14H18F2N2O2. The summed E-state index contributed by atoms with van der Waals surface area (Å²) in [5, 5.41) is 0. The first-order chi connectivity index (χ1) is 9.49. The Morgan fingerprint density at radius 1 is 1.30 bits per heavy atom. The first-order valence-electron chi connectivity index (χ1n) is 6.22. The van der Waals surface area contributed by atoms with Crippen molar-refractivity contribution in [1.82, 2.24) is 9.97 Å². The van der Waals surface area contributed by atoms with Gasteiger partial charge in [-0.25, -0.2) is 4.39 Å². The van der Waals surface area contributed by atoms with E-state index < -0.39 is 11.6 Å². The Kier molecular flexibility index (Phi) is 6.09. The molecule has 20 heavy (non-hydrogen) atoms. The zero-order valence-corrected chi connectivity index (χ0v) is 12.0. The van der Waals surface area contributed by atoms with E-state index in [0.29, 0.717) is 0 Å². The molecule has 1 heterocycles. The van der Waals surface area contributed by atoms with E-state index in [-0.39, 0.29) is 23.9 Å². The maximum absolute atomic E-state index is 13.8. The number of halogens is 2. The van der Waals surface area contributed by atoms with E-state index in [1.54, 1.807) is 6.08 Å². The molecule has 0 unspecified atom stereocenters. The number of hydrogen-bond acceptors (Lipinski definition) is 4. The average Bonchev–Trinajstić information content (AvgIpc) is 2.46. The third kappa shape index (κ3) is 4.29. The summed E-state index contributed by atoms with van der Waals surface area (Å²) in [5.74, 6) is -1.98. The van der Waals surface area contributed by atoms with E-state index >= 15 is 0 Å². The lowest BCUT2D eigenvalue weighted by Crippen LogP contribution is -2.02. The molecule has 0 aliphatic heterocycles. The minimum Gasteiger partial charge on any atom is -0.479 e. The van der Waals surface area contributed by atoms with Crippen LogP contribution in [0.25, 0.3) is 0 Å². The number of hydrogen-bond donors (Lipinski definition) is 0. The molecule has 0 N–H and O–H groups in total. The number of allylic oxidation sites excluding steroid dienone is 4. The second-order valence-electron chi connectivity index (χ2n) is 4.17. The van der Waals surface area contributed by atoms with E-state index in [4.69, 9.17) is 9.47 Å². The number of rotatable bonds is 6. The molecule has 0 spiro atoms. The SMILES string of the molecule is CC/C(C)=C\C/C(F)=C(\C)Oc1ncnc(OC)c1F. The summed E-state index contributed by atoms with van der Waals surface area (Å²) in [6.45, 7) is 5.32. The fourth-order valence-electron chi connectivity index (χ4n) is 1.30. The number of aromatic nitrogens is 2. The van der Waals surface area contributed by atoms with Gasteiger partial charge in [-0.05, 0) is 20.3 Å². The lowest BCUT2D eigenvalue weighted by Gasteiger charge is -2.08. The maximum Gasteiger partial charge on any atom is 0.262 e. The van der Waals surface area contributed by atoms with E-state index in [1.807, 2.05) is 13.8 Å². The van der Waals surface area contributed by atoms with E-state index in [1.165, 1.54) is 14.0 Å². The molecule has 1 rings (SSSR count). The molecule has 0 saturated carbocycles. The maximum atomic E-state index is 13.8.